The maximum Gasteiger partial charge on any atom is 0.256 e. The molecule has 0 saturated heterocycles. The minimum atomic E-state index is -0.496. The molecule has 0 aromatic carbocycles. The van der Waals surface area contributed by atoms with E-state index >= 15 is 0 Å². The van der Waals surface area contributed by atoms with Crippen molar-refractivity contribution in [3.8, 4) is 17.0 Å². The van der Waals surface area contributed by atoms with Gasteiger partial charge in [-0.2, -0.15) is 9.61 Å². The zero-order valence-corrected chi connectivity index (χ0v) is 17.9. The molecule has 0 aliphatic carbocycles. The number of nitrogens with two attached hydrogens (primary N) is 1. The summed E-state index contributed by atoms with van der Waals surface area (Å²) < 4.78 is 21.5. The number of carbonyl (C=O) groups is 1. The van der Waals surface area contributed by atoms with E-state index in [0.717, 1.165) is 6.20 Å². The van der Waals surface area contributed by atoms with Crippen LogP contribution in [0.3, 0.4) is 0 Å². The van der Waals surface area contributed by atoms with Crippen molar-refractivity contribution in [2.75, 3.05) is 17.6 Å². The molecule has 5 rings (SSSR count). The number of nitrogen functional groups attached to an aromatic ring is 1. The Labute approximate surface area is 188 Å². The summed E-state index contributed by atoms with van der Waals surface area (Å²) >= 11 is 0. The number of pyridine rings is 2. The molecule has 5 heterocycles. The Morgan fingerprint density at radius 2 is 2.12 bits per heavy atom. The number of carbonyl (C=O) groups excluding carboxylic acids is 1. The van der Waals surface area contributed by atoms with Gasteiger partial charge in [-0.15, -0.1) is 0 Å². The summed E-state index contributed by atoms with van der Waals surface area (Å²) in [6.07, 6.45) is 5.40. The molecule has 0 fully saturated rings. The van der Waals surface area contributed by atoms with Gasteiger partial charge < -0.3 is 21.1 Å². The van der Waals surface area contributed by atoms with Crippen LogP contribution in [0, 0.1) is 5.82 Å². The van der Waals surface area contributed by atoms with E-state index in [9.17, 15) is 9.18 Å². The standard InChI is InChI=1S/C22H21FN8O2/c1-11-7-26-21(32)16-10-28-31-18(24)17(13-4-3-5-25-8-13)19(30-20(16)31)29-12(2)15-6-14(23)9-27-22(15)33-11/h3-6,8-12H,7,24H2,1-2H3,(H,26,32)(H,29,30). The second-order valence-corrected chi connectivity index (χ2v) is 7.81. The van der Waals surface area contributed by atoms with E-state index in [0.29, 0.717) is 22.5 Å². The van der Waals surface area contributed by atoms with Crippen LogP contribution in [0.2, 0.25) is 0 Å². The van der Waals surface area contributed by atoms with Crippen molar-refractivity contribution in [1.29, 1.82) is 0 Å². The lowest BCUT2D eigenvalue weighted by atomic mass is 10.1. The number of hydrogen-bond donors (Lipinski definition) is 3. The zero-order chi connectivity index (χ0) is 23.1. The number of halogens is 1. The predicted molar refractivity (Wildman–Crippen MR) is 119 cm³/mol. The van der Waals surface area contributed by atoms with Gasteiger partial charge in [-0.3, -0.25) is 9.78 Å². The third kappa shape index (κ3) is 3.67. The van der Waals surface area contributed by atoms with Gasteiger partial charge in [-0.25, -0.2) is 14.4 Å². The Balaban J connectivity index is 1.75. The Kier molecular flexibility index (Phi) is 5.00. The van der Waals surface area contributed by atoms with Gasteiger partial charge in [-0.1, -0.05) is 6.07 Å². The molecule has 2 unspecified atom stereocenters. The minimum Gasteiger partial charge on any atom is -0.473 e. The SMILES string of the molecule is CC1CNC(=O)c2cnn3c(N)c(-c4cccnc4)c(nc23)NC(C)c2cc(F)cnc2O1. The van der Waals surface area contributed by atoms with Crippen LogP contribution in [0.15, 0.2) is 43.0 Å². The van der Waals surface area contributed by atoms with Crippen LogP contribution in [0.1, 0.15) is 35.8 Å². The number of amides is 1. The van der Waals surface area contributed by atoms with E-state index in [2.05, 4.69) is 25.7 Å². The van der Waals surface area contributed by atoms with Gasteiger partial charge in [0.05, 0.1) is 30.5 Å². The lowest BCUT2D eigenvalue weighted by molar-refractivity contribution is 0.0932. The number of ether oxygens (including phenoxy) is 1. The molecule has 2 bridgehead atoms. The molecule has 0 saturated carbocycles. The predicted octanol–water partition coefficient (Wildman–Crippen LogP) is 2.59. The molecular formula is C22H21FN8O2. The number of nitrogens with one attached hydrogen (secondary N) is 2. The van der Waals surface area contributed by atoms with E-state index in [1.807, 2.05) is 13.0 Å². The molecule has 168 valence electrons. The molecule has 0 radical (unpaired) electrons. The molecule has 1 aliphatic rings. The number of hydrogen-bond acceptors (Lipinski definition) is 8. The van der Waals surface area contributed by atoms with E-state index < -0.39 is 18.0 Å². The molecule has 2 atom stereocenters. The van der Waals surface area contributed by atoms with E-state index in [1.165, 1.54) is 16.8 Å². The molecule has 0 spiro atoms. The van der Waals surface area contributed by atoms with Crippen LogP contribution in [0.25, 0.3) is 16.8 Å². The van der Waals surface area contributed by atoms with Gasteiger partial charge in [0.25, 0.3) is 5.91 Å². The number of fused-ring (bicyclic) bond motifs is 2. The highest BCUT2D eigenvalue weighted by Crippen LogP contribution is 2.36. The van der Waals surface area contributed by atoms with E-state index in [4.69, 9.17) is 15.5 Å². The second-order valence-electron chi connectivity index (χ2n) is 7.81. The van der Waals surface area contributed by atoms with Crippen molar-refractivity contribution >= 4 is 23.2 Å². The van der Waals surface area contributed by atoms with Gasteiger partial charge in [0.1, 0.15) is 29.1 Å². The molecule has 4 aromatic heterocycles. The van der Waals surface area contributed by atoms with Crippen molar-refractivity contribution in [3.63, 3.8) is 0 Å². The number of aromatic nitrogens is 5. The zero-order valence-electron chi connectivity index (χ0n) is 17.9. The van der Waals surface area contributed by atoms with Crippen LogP contribution in [-0.2, 0) is 0 Å². The average molecular weight is 448 g/mol. The second kappa shape index (κ2) is 8.01. The van der Waals surface area contributed by atoms with E-state index in [-0.39, 0.29) is 35.4 Å². The lowest BCUT2D eigenvalue weighted by Crippen LogP contribution is -2.34. The van der Waals surface area contributed by atoms with Crippen LogP contribution in [0.4, 0.5) is 16.0 Å². The Morgan fingerprint density at radius 1 is 1.27 bits per heavy atom. The molecule has 11 heteroatoms. The maximum atomic E-state index is 14.1. The van der Waals surface area contributed by atoms with Crippen LogP contribution >= 0.6 is 0 Å². The summed E-state index contributed by atoms with van der Waals surface area (Å²) in [4.78, 5) is 25.9. The largest absolute Gasteiger partial charge is 0.473 e. The van der Waals surface area contributed by atoms with Gasteiger partial charge in [-0.05, 0) is 26.0 Å². The smallest absolute Gasteiger partial charge is 0.256 e. The Morgan fingerprint density at radius 3 is 2.91 bits per heavy atom. The van der Waals surface area contributed by atoms with Crippen molar-refractivity contribution < 1.29 is 13.9 Å². The molecule has 4 aromatic rings. The van der Waals surface area contributed by atoms with Crippen molar-refractivity contribution in [1.82, 2.24) is 29.9 Å². The highest BCUT2D eigenvalue weighted by Gasteiger charge is 2.25. The highest BCUT2D eigenvalue weighted by molar-refractivity contribution is 6.01. The summed E-state index contributed by atoms with van der Waals surface area (Å²) in [5.41, 5.74) is 8.81. The van der Waals surface area contributed by atoms with Gasteiger partial charge in [0.2, 0.25) is 5.88 Å². The highest BCUT2D eigenvalue weighted by atomic mass is 19.1. The molecular weight excluding hydrogens is 427 g/mol. The third-order valence-corrected chi connectivity index (χ3v) is 5.41. The summed E-state index contributed by atoms with van der Waals surface area (Å²) in [6, 6.07) is 4.52. The maximum absolute atomic E-state index is 14.1. The first-order chi connectivity index (χ1) is 15.9. The fourth-order valence-electron chi connectivity index (χ4n) is 3.77. The van der Waals surface area contributed by atoms with Gasteiger partial charge in [0, 0.05) is 23.5 Å². The van der Waals surface area contributed by atoms with Gasteiger partial charge >= 0.3 is 0 Å². The fourth-order valence-corrected chi connectivity index (χ4v) is 3.77. The molecule has 1 aliphatic heterocycles. The quantitative estimate of drug-likeness (QED) is 0.405. The summed E-state index contributed by atoms with van der Waals surface area (Å²) in [5.74, 6) is 0.0607. The monoisotopic (exact) mass is 448 g/mol. The third-order valence-electron chi connectivity index (χ3n) is 5.41. The first kappa shape index (κ1) is 20.6. The molecule has 10 nitrogen and oxygen atoms in total. The normalized spacial score (nSPS) is 18.3. The van der Waals surface area contributed by atoms with Crippen molar-refractivity contribution in [2.45, 2.75) is 26.0 Å². The minimum absolute atomic E-state index is 0.201. The average Bonchev–Trinajstić information content (AvgIpc) is 3.23. The Bertz CT molecular complexity index is 1360. The molecule has 4 N–H and O–H groups in total. The number of anilines is 2. The first-order valence-corrected chi connectivity index (χ1v) is 10.4. The number of nitrogens with zero attached hydrogens (tertiary/aromatic N) is 5. The topological polar surface area (TPSA) is 132 Å². The first-order valence-electron chi connectivity index (χ1n) is 10.4. The number of rotatable bonds is 1. The molecule has 1 amide bonds. The van der Waals surface area contributed by atoms with E-state index in [1.54, 1.807) is 25.4 Å². The van der Waals surface area contributed by atoms with Crippen LogP contribution in [0.5, 0.6) is 5.88 Å². The van der Waals surface area contributed by atoms with Crippen molar-refractivity contribution in [2.24, 2.45) is 0 Å². The molecule has 33 heavy (non-hydrogen) atoms. The van der Waals surface area contributed by atoms with Crippen LogP contribution < -0.4 is 21.1 Å². The van der Waals surface area contributed by atoms with Crippen molar-refractivity contribution in [3.05, 3.63) is 59.9 Å². The summed E-state index contributed by atoms with van der Waals surface area (Å²) in [6.45, 7) is 3.83. The summed E-state index contributed by atoms with van der Waals surface area (Å²) in [5, 5.41) is 10.4. The van der Waals surface area contributed by atoms with Gasteiger partial charge in [0.15, 0.2) is 5.65 Å². The Hall–Kier alpha value is -4.28. The summed E-state index contributed by atoms with van der Waals surface area (Å²) in [7, 11) is 0. The lowest BCUT2D eigenvalue weighted by Gasteiger charge is -2.22. The fraction of sp³-hybridized carbons (Fsp3) is 0.227. The van der Waals surface area contributed by atoms with Crippen LogP contribution in [-0.4, -0.2) is 43.1 Å².